The lowest BCUT2D eigenvalue weighted by molar-refractivity contribution is -0.123. The van der Waals surface area contributed by atoms with Crippen molar-refractivity contribution in [3.8, 4) is 0 Å². The average molecular weight is 381 g/mol. The molecule has 2 fully saturated rings. The first-order valence-corrected chi connectivity index (χ1v) is 9.34. The molecule has 0 unspecified atom stereocenters. The zero-order valence-corrected chi connectivity index (χ0v) is 15.1. The summed E-state index contributed by atoms with van der Waals surface area (Å²) in [5, 5.41) is 3.14. The number of ether oxygens (including phenoxy) is 1. The van der Waals surface area contributed by atoms with Crippen LogP contribution in [0.5, 0.6) is 0 Å². The number of carbonyl (C=O) groups excluding carboxylic acids is 1. The van der Waals surface area contributed by atoms with Crippen LogP contribution in [0.1, 0.15) is 31.2 Å². The van der Waals surface area contributed by atoms with Crippen molar-refractivity contribution < 1.29 is 9.53 Å². The van der Waals surface area contributed by atoms with E-state index >= 15 is 0 Å². The molecule has 0 spiro atoms. The smallest absolute Gasteiger partial charge is 0.230 e. The molecule has 2 aliphatic rings. The summed E-state index contributed by atoms with van der Waals surface area (Å²) in [5.74, 6) is 0.200. The number of morpholine rings is 1. The second-order valence-electron chi connectivity index (χ2n) is 6.51. The molecule has 4 nitrogen and oxygen atoms in total. The molecule has 0 radical (unpaired) electrons. The van der Waals surface area contributed by atoms with Crippen LogP contribution in [0.2, 0.25) is 0 Å². The van der Waals surface area contributed by atoms with E-state index in [2.05, 4.69) is 38.3 Å². The van der Waals surface area contributed by atoms with Crippen LogP contribution in [-0.2, 0) is 14.9 Å². The predicted molar refractivity (Wildman–Crippen MR) is 94.6 cm³/mol. The maximum absolute atomic E-state index is 12.5. The summed E-state index contributed by atoms with van der Waals surface area (Å²) < 4.78 is 6.41. The topological polar surface area (TPSA) is 41.6 Å². The molecule has 1 N–H and O–H groups in total. The normalized spacial score (nSPS) is 20.2. The fourth-order valence-electron chi connectivity index (χ4n) is 3.20. The minimum Gasteiger partial charge on any atom is -0.379 e. The van der Waals surface area contributed by atoms with E-state index in [9.17, 15) is 4.79 Å². The van der Waals surface area contributed by atoms with Crippen molar-refractivity contribution in [2.45, 2.75) is 31.1 Å². The lowest BCUT2D eigenvalue weighted by atomic mass is 9.95. The van der Waals surface area contributed by atoms with E-state index in [1.165, 1.54) is 0 Å². The van der Waals surface area contributed by atoms with Crippen molar-refractivity contribution in [3.63, 3.8) is 0 Å². The number of unbranched alkanes of at least 4 members (excludes halogenated alkanes) is 1. The lowest BCUT2D eigenvalue weighted by Crippen LogP contribution is -2.38. The van der Waals surface area contributed by atoms with Crippen LogP contribution in [0, 0.1) is 0 Å². The van der Waals surface area contributed by atoms with Gasteiger partial charge in [-0.2, -0.15) is 0 Å². The first kappa shape index (κ1) is 16.9. The van der Waals surface area contributed by atoms with Gasteiger partial charge in [-0.25, -0.2) is 0 Å². The number of nitrogens with one attached hydrogen (secondary N) is 1. The summed E-state index contributed by atoms with van der Waals surface area (Å²) in [6.45, 7) is 5.68. The molecule has 1 saturated carbocycles. The van der Waals surface area contributed by atoms with E-state index in [4.69, 9.17) is 4.74 Å². The molecule has 0 aromatic heterocycles. The maximum Gasteiger partial charge on any atom is 0.230 e. The van der Waals surface area contributed by atoms with E-state index in [0.717, 1.165) is 75.1 Å². The van der Waals surface area contributed by atoms with E-state index in [-0.39, 0.29) is 11.3 Å². The van der Waals surface area contributed by atoms with Gasteiger partial charge in [0.25, 0.3) is 0 Å². The Morgan fingerprint density at radius 3 is 2.52 bits per heavy atom. The van der Waals surface area contributed by atoms with E-state index in [1.807, 2.05) is 12.1 Å². The van der Waals surface area contributed by atoms with Gasteiger partial charge >= 0.3 is 0 Å². The highest BCUT2D eigenvalue weighted by atomic mass is 79.9. The minimum atomic E-state index is -0.259. The summed E-state index contributed by atoms with van der Waals surface area (Å²) >= 11 is 3.45. The molecule has 5 heteroatoms. The van der Waals surface area contributed by atoms with E-state index in [1.54, 1.807) is 0 Å². The Morgan fingerprint density at radius 1 is 1.17 bits per heavy atom. The fraction of sp³-hybridized carbons (Fsp3) is 0.611. The zero-order valence-electron chi connectivity index (χ0n) is 13.5. The molecule has 1 aromatic carbocycles. The van der Waals surface area contributed by atoms with Crippen LogP contribution in [0.15, 0.2) is 28.7 Å². The summed E-state index contributed by atoms with van der Waals surface area (Å²) in [5.41, 5.74) is 0.886. The molecule has 23 heavy (non-hydrogen) atoms. The van der Waals surface area contributed by atoms with Gasteiger partial charge in [-0.05, 0) is 49.9 Å². The van der Waals surface area contributed by atoms with Gasteiger partial charge in [-0.15, -0.1) is 0 Å². The minimum absolute atomic E-state index is 0.200. The summed E-state index contributed by atoms with van der Waals surface area (Å²) in [4.78, 5) is 15.0. The zero-order chi connectivity index (χ0) is 16.1. The van der Waals surface area contributed by atoms with Gasteiger partial charge in [-0.3, -0.25) is 9.69 Å². The highest BCUT2D eigenvalue weighted by Crippen LogP contribution is 2.48. The number of halogens is 1. The molecular weight excluding hydrogens is 356 g/mol. The Hall–Kier alpha value is -0.910. The Kier molecular flexibility index (Phi) is 5.72. The van der Waals surface area contributed by atoms with Crippen LogP contribution in [0.4, 0.5) is 0 Å². The molecule has 0 bridgehead atoms. The Labute approximate surface area is 146 Å². The van der Waals surface area contributed by atoms with Gasteiger partial charge in [0.1, 0.15) is 0 Å². The highest BCUT2D eigenvalue weighted by molar-refractivity contribution is 9.10. The summed E-state index contributed by atoms with van der Waals surface area (Å²) in [7, 11) is 0. The molecule has 1 amide bonds. The van der Waals surface area contributed by atoms with Crippen LogP contribution in [-0.4, -0.2) is 50.2 Å². The van der Waals surface area contributed by atoms with Crippen molar-refractivity contribution >= 4 is 21.8 Å². The first-order valence-electron chi connectivity index (χ1n) is 8.55. The molecule has 1 heterocycles. The third-order valence-electron chi connectivity index (χ3n) is 4.87. The van der Waals surface area contributed by atoms with Crippen molar-refractivity contribution in [3.05, 3.63) is 34.3 Å². The van der Waals surface area contributed by atoms with Crippen LogP contribution >= 0.6 is 15.9 Å². The number of carbonyl (C=O) groups is 1. The molecule has 1 saturated heterocycles. The molecule has 1 aromatic rings. The monoisotopic (exact) mass is 380 g/mol. The summed E-state index contributed by atoms with van der Waals surface area (Å²) in [6, 6.07) is 8.17. The molecule has 1 aliphatic heterocycles. The lowest BCUT2D eigenvalue weighted by Gasteiger charge is -2.26. The van der Waals surface area contributed by atoms with Crippen LogP contribution in [0.3, 0.4) is 0 Å². The SMILES string of the molecule is O=C(NCCCCN1CCOCC1)C1(c2ccc(Br)cc2)CC1. The largest absolute Gasteiger partial charge is 0.379 e. The number of amides is 1. The number of benzene rings is 1. The average Bonchev–Trinajstić information content (AvgIpc) is 3.38. The van der Waals surface area contributed by atoms with Crippen molar-refractivity contribution in [1.82, 2.24) is 10.2 Å². The number of nitrogens with zero attached hydrogens (tertiary/aromatic N) is 1. The number of hydrogen-bond donors (Lipinski definition) is 1. The second kappa shape index (κ2) is 7.77. The maximum atomic E-state index is 12.5. The van der Waals surface area contributed by atoms with Crippen molar-refractivity contribution in [1.29, 1.82) is 0 Å². The van der Waals surface area contributed by atoms with E-state index < -0.39 is 0 Å². The van der Waals surface area contributed by atoms with Gasteiger partial charge in [0.05, 0.1) is 18.6 Å². The first-order chi connectivity index (χ1) is 11.2. The standard InChI is InChI=1S/C18H25BrN2O2/c19-16-5-3-15(4-6-16)18(7-8-18)17(22)20-9-1-2-10-21-11-13-23-14-12-21/h3-6H,1-2,7-14H2,(H,20,22). The molecule has 3 rings (SSSR count). The third kappa shape index (κ3) is 4.34. The summed E-state index contributed by atoms with van der Waals surface area (Å²) in [6.07, 6.45) is 4.10. The molecule has 1 aliphatic carbocycles. The highest BCUT2D eigenvalue weighted by Gasteiger charge is 2.50. The molecule has 0 atom stereocenters. The second-order valence-corrected chi connectivity index (χ2v) is 7.42. The number of rotatable bonds is 7. The van der Waals surface area contributed by atoms with Gasteiger partial charge in [0.15, 0.2) is 0 Å². The van der Waals surface area contributed by atoms with Gasteiger partial charge < -0.3 is 10.1 Å². The van der Waals surface area contributed by atoms with Gasteiger partial charge in [-0.1, -0.05) is 28.1 Å². The Morgan fingerprint density at radius 2 is 1.87 bits per heavy atom. The Bertz CT molecular complexity index is 522. The van der Waals surface area contributed by atoms with Gasteiger partial charge in [0, 0.05) is 24.1 Å². The Balaban J connectivity index is 1.38. The van der Waals surface area contributed by atoms with Gasteiger partial charge in [0.2, 0.25) is 5.91 Å². The fourth-order valence-corrected chi connectivity index (χ4v) is 3.46. The quantitative estimate of drug-likeness (QED) is 0.739. The van der Waals surface area contributed by atoms with Crippen molar-refractivity contribution in [2.75, 3.05) is 39.4 Å². The van der Waals surface area contributed by atoms with Crippen LogP contribution in [0.25, 0.3) is 0 Å². The molecular formula is C18H25BrN2O2. The van der Waals surface area contributed by atoms with Crippen LogP contribution < -0.4 is 5.32 Å². The predicted octanol–water partition coefficient (Wildman–Crippen LogP) is 2.71. The molecule has 126 valence electrons. The van der Waals surface area contributed by atoms with Crippen molar-refractivity contribution in [2.24, 2.45) is 0 Å². The van der Waals surface area contributed by atoms with E-state index in [0.29, 0.717) is 0 Å². The number of hydrogen-bond acceptors (Lipinski definition) is 3. The third-order valence-corrected chi connectivity index (χ3v) is 5.40.